The van der Waals surface area contributed by atoms with Crippen LogP contribution in [0.1, 0.15) is 114 Å². The monoisotopic (exact) mass is 1100 g/mol. The zero-order valence-electron chi connectivity index (χ0n) is 45.9. The number of halogens is 2. The van der Waals surface area contributed by atoms with Gasteiger partial charge in [0.25, 0.3) is 11.1 Å². The summed E-state index contributed by atoms with van der Waals surface area (Å²) in [6.45, 7) is 26.0. The molecule has 0 bridgehead atoms. The molecular weight excluding hydrogens is 1020 g/mol. The largest absolute Gasteiger partial charge is 0.414 e. The fraction of sp³-hybridized carbons (Fsp3) is 0.544. The van der Waals surface area contributed by atoms with Gasteiger partial charge in [-0.2, -0.15) is 9.97 Å². The number of nitrogens with zero attached hydrogens (tertiary/aromatic N) is 6. The van der Waals surface area contributed by atoms with Crippen molar-refractivity contribution in [3.8, 4) is 22.3 Å². The summed E-state index contributed by atoms with van der Waals surface area (Å²) in [4.78, 5) is 46.0. The molecule has 2 saturated carbocycles. The van der Waals surface area contributed by atoms with E-state index >= 15 is 0 Å². The van der Waals surface area contributed by atoms with Gasteiger partial charge in [0, 0.05) is 80.2 Å². The van der Waals surface area contributed by atoms with Crippen molar-refractivity contribution in [3.63, 3.8) is 0 Å². The van der Waals surface area contributed by atoms with Crippen molar-refractivity contribution in [1.82, 2.24) is 29.1 Å². The van der Waals surface area contributed by atoms with Crippen molar-refractivity contribution in [2.75, 3.05) is 23.8 Å². The van der Waals surface area contributed by atoms with E-state index in [4.69, 9.17) is 42.0 Å². The van der Waals surface area contributed by atoms with E-state index in [-0.39, 0.29) is 47.5 Å². The van der Waals surface area contributed by atoms with E-state index in [0.717, 1.165) is 56.8 Å². The first-order chi connectivity index (χ1) is 35.5. The standard InChI is InChI=1S/C36H57ClN4O3Si2.C21H23ClN4O3/c1-24(2)46(25(3)4,26(5)6)43-21-20-41-33-27(22-31(34(41)42)30-14-12-13-15-32(30)37)23-38-35(40-33)39-28-16-18-29(19-17-28)44-45(10,11)36(7,8)9;22-18-4-2-1-3-16(18)17-11-13-12-23-21(24-14-5-7-15(28)8-6-14)25-19(13)26(9-10-27)20(17)29/h12-15,22-26,28-29H,16-21H2,1-11H3,(H,38,39,40);1-4,11-12,14-15,27-28H,5-10H2,(H,23,24,25). The summed E-state index contributed by atoms with van der Waals surface area (Å²) in [6, 6.07) is 18.7. The Morgan fingerprint density at radius 3 is 1.51 bits per heavy atom. The van der Waals surface area contributed by atoms with Crippen molar-refractivity contribution < 1.29 is 19.1 Å². The third-order valence-electron chi connectivity index (χ3n) is 16.0. The smallest absolute Gasteiger partial charge is 0.260 e. The first kappa shape index (κ1) is 58.2. The molecule has 4 heterocycles. The lowest BCUT2D eigenvalue weighted by Crippen LogP contribution is -2.48. The van der Waals surface area contributed by atoms with Crippen LogP contribution in [0.25, 0.3) is 44.3 Å². The lowest BCUT2D eigenvalue weighted by Gasteiger charge is -2.42. The fourth-order valence-corrected chi connectivity index (χ4v) is 18.4. The number of aliphatic hydroxyl groups is 2. The van der Waals surface area contributed by atoms with Gasteiger partial charge in [-0.1, -0.05) is 122 Å². The molecular formula is C57H80Cl2N8O6Si2. The van der Waals surface area contributed by atoms with Gasteiger partial charge in [-0.15, -0.1) is 0 Å². The van der Waals surface area contributed by atoms with Crippen molar-refractivity contribution in [2.45, 2.75) is 186 Å². The maximum atomic E-state index is 14.2. The Bertz CT molecular complexity index is 3000. The van der Waals surface area contributed by atoms with Crippen LogP contribution in [0, 0.1) is 0 Å². The second kappa shape index (κ2) is 24.9. The van der Waals surface area contributed by atoms with Gasteiger partial charge in [0.1, 0.15) is 11.3 Å². The van der Waals surface area contributed by atoms with Crippen LogP contribution >= 0.6 is 23.2 Å². The van der Waals surface area contributed by atoms with E-state index in [9.17, 15) is 19.8 Å². The first-order valence-electron chi connectivity index (χ1n) is 27.0. The van der Waals surface area contributed by atoms with Crippen LogP contribution in [0.3, 0.4) is 0 Å². The summed E-state index contributed by atoms with van der Waals surface area (Å²) < 4.78 is 16.8. The topological polar surface area (TPSA) is 179 Å². The Morgan fingerprint density at radius 1 is 0.667 bits per heavy atom. The highest BCUT2D eigenvalue weighted by molar-refractivity contribution is 6.77. The molecule has 2 aromatic carbocycles. The van der Waals surface area contributed by atoms with Crippen molar-refractivity contribution in [3.05, 3.63) is 104 Å². The number of hydrogen-bond acceptors (Lipinski definition) is 12. The number of nitrogens with one attached hydrogen (secondary N) is 2. The molecule has 0 saturated heterocycles. The molecule has 75 heavy (non-hydrogen) atoms. The molecule has 14 nitrogen and oxygen atoms in total. The van der Waals surface area contributed by atoms with E-state index in [1.807, 2.05) is 48.7 Å². The molecule has 4 N–H and O–H groups in total. The van der Waals surface area contributed by atoms with Gasteiger partial charge in [0.2, 0.25) is 11.9 Å². The highest BCUT2D eigenvalue weighted by atomic mass is 35.5. The maximum Gasteiger partial charge on any atom is 0.260 e. The quantitative estimate of drug-likeness (QED) is 0.0636. The van der Waals surface area contributed by atoms with Crippen LogP contribution in [0.2, 0.25) is 44.8 Å². The van der Waals surface area contributed by atoms with Crippen molar-refractivity contribution in [2.24, 2.45) is 0 Å². The summed E-state index contributed by atoms with van der Waals surface area (Å²) in [5.41, 5.74) is 4.40. The zero-order valence-corrected chi connectivity index (χ0v) is 49.4. The molecule has 0 radical (unpaired) electrons. The second-order valence-electron chi connectivity index (χ2n) is 23.0. The van der Waals surface area contributed by atoms with E-state index in [1.165, 1.54) is 4.57 Å². The van der Waals surface area contributed by atoms with Crippen LogP contribution in [-0.2, 0) is 21.9 Å². The summed E-state index contributed by atoms with van der Waals surface area (Å²) in [5, 5.41) is 28.8. The summed E-state index contributed by atoms with van der Waals surface area (Å²) in [6.07, 6.45) is 10.8. The third-order valence-corrected chi connectivity index (χ3v) is 27.3. The fourth-order valence-electron chi connectivity index (χ4n) is 11.0. The van der Waals surface area contributed by atoms with E-state index in [0.29, 0.717) is 96.8 Å². The van der Waals surface area contributed by atoms with E-state index in [2.05, 4.69) is 96.0 Å². The highest BCUT2D eigenvalue weighted by Crippen LogP contribution is 2.43. The highest BCUT2D eigenvalue weighted by Gasteiger charge is 2.45. The van der Waals surface area contributed by atoms with Gasteiger partial charge in [-0.3, -0.25) is 18.7 Å². The molecule has 4 aromatic heterocycles. The van der Waals surface area contributed by atoms with Crippen molar-refractivity contribution >= 4 is 73.8 Å². The third kappa shape index (κ3) is 13.4. The summed E-state index contributed by atoms with van der Waals surface area (Å²) in [5.74, 6) is 0.992. The zero-order chi connectivity index (χ0) is 54.4. The predicted octanol–water partition coefficient (Wildman–Crippen LogP) is 12.9. The summed E-state index contributed by atoms with van der Waals surface area (Å²) >= 11 is 12.9. The normalized spacial score (nSPS) is 18.7. The second-order valence-corrected chi connectivity index (χ2v) is 34.0. The van der Waals surface area contributed by atoms with Crippen LogP contribution in [0.15, 0.2) is 82.6 Å². The van der Waals surface area contributed by atoms with Crippen LogP contribution < -0.4 is 21.8 Å². The number of pyridine rings is 2. The average molecular weight is 1100 g/mol. The minimum atomic E-state index is -2.11. The molecule has 2 aliphatic rings. The Balaban J connectivity index is 0.000000242. The molecule has 0 amide bonds. The molecule has 0 unspecified atom stereocenters. The first-order valence-corrected chi connectivity index (χ1v) is 32.8. The maximum absolute atomic E-state index is 14.2. The number of fused-ring (bicyclic) bond motifs is 2. The van der Waals surface area contributed by atoms with Crippen LogP contribution in [0.5, 0.6) is 0 Å². The lowest BCUT2D eigenvalue weighted by atomic mass is 9.93. The minimum Gasteiger partial charge on any atom is -0.414 e. The number of anilines is 2. The summed E-state index contributed by atoms with van der Waals surface area (Å²) in [7, 11) is -3.91. The van der Waals surface area contributed by atoms with Crippen LogP contribution in [-0.4, -0.2) is 93.4 Å². The average Bonchev–Trinajstić information content (AvgIpc) is 3.35. The van der Waals surface area contributed by atoms with Gasteiger partial charge >= 0.3 is 0 Å². The van der Waals surface area contributed by atoms with E-state index < -0.39 is 16.6 Å². The van der Waals surface area contributed by atoms with Gasteiger partial charge in [0.15, 0.2) is 16.6 Å². The predicted molar refractivity (Wildman–Crippen MR) is 312 cm³/mol. The Kier molecular flexibility index (Phi) is 19.3. The number of aliphatic hydroxyl groups excluding tert-OH is 2. The molecule has 0 aliphatic heterocycles. The van der Waals surface area contributed by atoms with Crippen LogP contribution in [0.4, 0.5) is 11.9 Å². The van der Waals surface area contributed by atoms with Gasteiger partial charge < -0.3 is 29.7 Å². The molecule has 0 spiro atoms. The Hall–Kier alpha value is -4.53. The van der Waals surface area contributed by atoms with Gasteiger partial charge in [0.05, 0.1) is 25.9 Å². The molecule has 2 aliphatic carbocycles. The lowest BCUT2D eigenvalue weighted by molar-refractivity contribution is 0.126. The van der Waals surface area contributed by atoms with Gasteiger partial charge in [-0.05, 0) is 110 Å². The van der Waals surface area contributed by atoms with Crippen molar-refractivity contribution in [1.29, 1.82) is 0 Å². The molecule has 6 aromatic rings. The molecule has 2 fully saturated rings. The molecule has 8 rings (SSSR count). The molecule has 0 atom stereocenters. The minimum absolute atomic E-state index is 0.122. The Morgan fingerprint density at radius 2 is 1.09 bits per heavy atom. The molecule has 406 valence electrons. The van der Waals surface area contributed by atoms with Gasteiger partial charge in [-0.25, -0.2) is 9.97 Å². The molecule has 18 heteroatoms. The number of rotatable bonds is 17. The van der Waals surface area contributed by atoms with E-state index in [1.54, 1.807) is 29.0 Å². The number of benzene rings is 2. The number of hydrogen-bond donors (Lipinski definition) is 4. The number of aromatic nitrogens is 6. The Labute approximate surface area is 455 Å². The SMILES string of the molecule is CC(C)[Si](OCCn1c(=O)c(-c2ccccc2Cl)cc2cnc(NC3CCC(O[Si](C)(C)C(C)(C)C)CC3)nc21)(C(C)C)C(C)C.O=c1c(-c2ccccc2Cl)cc2cnc(NC3CCC(O)CC3)nc2n1CCO.